The van der Waals surface area contributed by atoms with E-state index >= 15 is 0 Å². The highest BCUT2D eigenvalue weighted by molar-refractivity contribution is 5.03. The van der Waals surface area contributed by atoms with Crippen molar-refractivity contribution in [2.75, 3.05) is 13.7 Å². The fraction of sp³-hybridized carbons (Fsp3) is 0.857. The largest absolute Gasteiger partial charge is 0.353 e. The van der Waals surface area contributed by atoms with Gasteiger partial charge in [0, 0.05) is 25.4 Å². The number of hydrogen-bond acceptors (Lipinski definition) is 2. The fourth-order valence-electron chi connectivity index (χ4n) is 3.16. The SMILES string of the molecule is C=C(C)[C@@H]1CO[C@@](OC)(C2CCCCC2)C1. The van der Waals surface area contributed by atoms with Gasteiger partial charge in [-0.05, 0) is 19.8 Å². The van der Waals surface area contributed by atoms with Crippen molar-refractivity contribution in [3.05, 3.63) is 12.2 Å². The van der Waals surface area contributed by atoms with Gasteiger partial charge >= 0.3 is 0 Å². The molecule has 0 aromatic rings. The maximum absolute atomic E-state index is 6.02. The monoisotopic (exact) mass is 224 g/mol. The van der Waals surface area contributed by atoms with Crippen molar-refractivity contribution in [2.45, 2.75) is 51.2 Å². The summed E-state index contributed by atoms with van der Waals surface area (Å²) in [4.78, 5) is 0. The van der Waals surface area contributed by atoms with Crippen molar-refractivity contribution in [1.29, 1.82) is 0 Å². The van der Waals surface area contributed by atoms with Crippen molar-refractivity contribution < 1.29 is 9.47 Å². The van der Waals surface area contributed by atoms with Crippen molar-refractivity contribution in [3.63, 3.8) is 0 Å². The van der Waals surface area contributed by atoms with Gasteiger partial charge in [0.1, 0.15) is 0 Å². The van der Waals surface area contributed by atoms with Gasteiger partial charge in [-0.15, -0.1) is 0 Å². The van der Waals surface area contributed by atoms with E-state index in [0.29, 0.717) is 11.8 Å². The Kier molecular flexibility index (Phi) is 3.70. The molecule has 2 fully saturated rings. The zero-order valence-corrected chi connectivity index (χ0v) is 10.6. The van der Waals surface area contributed by atoms with Gasteiger partial charge in [0.15, 0.2) is 5.79 Å². The number of methoxy groups -OCH3 is 1. The van der Waals surface area contributed by atoms with Crippen molar-refractivity contribution in [3.8, 4) is 0 Å². The first-order valence-corrected chi connectivity index (χ1v) is 6.52. The second-order valence-corrected chi connectivity index (χ2v) is 5.41. The molecular weight excluding hydrogens is 200 g/mol. The third-order valence-electron chi connectivity index (χ3n) is 4.33. The molecule has 0 amide bonds. The molecular formula is C14H24O2. The Bertz CT molecular complexity index is 255. The van der Waals surface area contributed by atoms with Crippen LogP contribution in [0, 0.1) is 11.8 Å². The van der Waals surface area contributed by atoms with Crippen LogP contribution in [0.2, 0.25) is 0 Å². The smallest absolute Gasteiger partial charge is 0.171 e. The zero-order valence-electron chi connectivity index (χ0n) is 10.6. The minimum atomic E-state index is -0.302. The van der Waals surface area contributed by atoms with E-state index < -0.39 is 0 Å². The van der Waals surface area contributed by atoms with Crippen LogP contribution in [0.15, 0.2) is 12.2 Å². The highest BCUT2D eigenvalue weighted by Crippen LogP contribution is 2.44. The molecule has 2 rings (SSSR count). The fourth-order valence-corrected chi connectivity index (χ4v) is 3.16. The zero-order chi connectivity index (χ0) is 11.6. The third kappa shape index (κ3) is 2.18. The Balaban J connectivity index is 2.05. The molecule has 1 saturated heterocycles. The van der Waals surface area contributed by atoms with Crippen molar-refractivity contribution in [2.24, 2.45) is 11.8 Å². The van der Waals surface area contributed by atoms with Crippen LogP contribution >= 0.6 is 0 Å². The molecule has 1 aliphatic carbocycles. The van der Waals surface area contributed by atoms with E-state index in [2.05, 4.69) is 13.5 Å². The first kappa shape index (κ1) is 12.1. The summed E-state index contributed by atoms with van der Waals surface area (Å²) >= 11 is 0. The second-order valence-electron chi connectivity index (χ2n) is 5.41. The maximum atomic E-state index is 6.02. The molecule has 0 radical (unpaired) electrons. The molecule has 0 N–H and O–H groups in total. The summed E-state index contributed by atoms with van der Waals surface area (Å²) in [6.45, 7) is 6.94. The van der Waals surface area contributed by atoms with Crippen LogP contribution < -0.4 is 0 Å². The maximum Gasteiger partial charge on any atom is 0.171 e. The first-order chi connectivity index (χ1) is 7.68. The topological polar surface area (TPSA) is 18.5 Å². The summed E-state index contributed by atoms with van der Waals surface area (Å²) in [6, 6.07) is 0. The molecule has 0 bridgehead atoms. The van der Waals surface area contributed by atoms with Gasteiger partial charge in [-0.2, -0.15) is 0 Å². The minimum Gasteiger partial charge on any atom is -0.353 e. The van der Waals surface area contributed by atoms with Gasteiger partial charge in [0.2, 0.25) is 0 Å². The molecule has 0 unspecified atom stereocenters. The van der Waals surface area contributed by atoms with E-state index in [1.165, 1.54) is 37.7 Å². The summed E-state index contributed by atoms with van der Waals surface area (Å²) in [5.74, 6) is 0.779. The van der Waals surface area contributed by atoms with Gasteiger partial charge in [0.05, 0.1) is 6.61 Å². The lowest BCUT2D eigenvalue weighted by molar-refractivity contribution is -0.232. The van der Waals surface area contributed by atoms with Crippen LogP contribution in [0.3, 0.4) is 0 Å². The minimum absolute atomic E-state index is 0.302. The Labute approximate surface area is 99.0 Å². The molecule has 0 aromatic carbocycles. The molecule has 2 heteroatoms. The molecule has 2 aliphatic rings. The second kappa shape index (κ2) is 4.89. The van der Waals surface area contributed by atoms with E-state index in [4.69, 9.17) is 9.47 Å². The molecule has 1 saturated carbocycles. The lowest BCUT2D eigenvalue weighted by Gasteiger charge is -2.37. The predicted octanol–water partition coefficient (Wildman–Crippen LogP) is 3.52. The number of hydrogen-bond donors (Lipinski definition) is 0. The Hall–Kier alpha value is -0.340. The summed E-state index contributed by atoms with van der Waals surface area (Å²) < 4.78 is 11.8. The van der Waals surface area contributed by atoms with E-state index in [9.17, 15) is 0 Å². The summed E-state index contributed by atoms with van der Waals surface area (Å²) in [6.07, 6.45) is 7.56. The van der Waals surface area contributed by atoms with Gasteiger partial charge in [-0.25, -0.2) is 0 Å². The van der Waals surface area contributed by atoms with Crippen molar-refractivity contribution >= 4 is 0 Å². The van der Waals surface area contributed by atoms with Gasteiger partial charge < -0.3 is 9.47 Å². The van der Waals surface area contributed by atoms with Crippen LogP contribution in [-0.2, 0) is 9.47 Å². The standard InChI is InChI=1S/C14H24O2/c1-11(2)12-9-14(15-3,16-10-12)13-7-5-4-6-8-13/h12-13H,1,4-10H2,2-3H3/t12-,14+/m0/s1. The predicted molar refractivity (Wildman–Crippen MR) is 65.2 cm³/mol. The molecule has 92 valence electrons. The first-order valence-electron chi connectivity index (χ1n) is 6.52. The van der Waals surface area contributed by atoms with E-state index in [1.54, 1.807) is 7.11 Å². The molecule has 1 heterocycles. The van der Waals surface area contributed by atoms with Gasteiger partial charge in [0.25, 0.3) is 0 Å². The quantitative estimate of drug-likeness (QED) is 0.683. The summed E-state index contributed by atoms with van der Waals surface area (Å²) in [7, 11) is 1.80. The van der Waals surface area contributed by atoms with Crippen LogP contribution in [0.1, 0.15) is 45.4 Å². The lowest BCUT2D eigenvalue weighted by atomic mass is 9.80. The molecule has 0 aromatic heterocycles. The van der Waals surface area contributed by atoms with E-state index in [0.717, 1.165) is 13.0 Å². The lowest BCUT2D eigenvalue weighted by Crippen LogP contribution is -2.40. The van der Waals surface area contributed by atoms with Gasteiger partial charge in [-0.1, -0.05) is 31.4 Å². The highest BCUT2D eigenvalue weighted by Gasteiger charge is 2.47. The Morgan fingerprint density at radius 3 is 2.50 bits per heavy atom. The molecule has 16 heavy (non-hydrogen) atoms. The average Bonchev–Trinajstić information content (AvgIpc) is 2.76. The Morgan fingerprint density at radius 2 is 2.00 bits per heavy atom. The summed E-state index contributed by atoms with van der Waals surface area (Å²) in [5.41, 5.74) is 1.23. The van der Waals surface area contributed by atoms with Crippen molar-refractivity contribution in [1.82, 2.24) is 0 Å². The number of rotatable bonds is 3. The molecule has 2 atom stereocenters. The average molecular weight is 224 g/mol. The Morgan fingerprint density at radius 1 is 1.31 bits per heavy atom. The summed E-state index contributed by atoms with van der Waals surface area (Å²) in [5, 5.41) is 0. The van der Waals surface area contributed by atoms with Gasteiger partial charge in [-0.3, -0.25) is 0 Å². The van der Waals surface area contributed by atoms with E-state index in [-0.39, 0.29) is 5.79 Å². The molecule has 0 spiro atoms. The molecule has 1 aliphatic heterocycles. The van der Waals surface area contributed by atoms with Crippen LogP contribution in [0.5, 0.6) is 0 Å². The third-order valence-corrected chi connectivity index (χ3v) is 4.33. The van der Waals surface area contributed by atoms with Crippen LogP contribution in [0.4, 0.5) is 0 Å². The highest BCUT2D eigenvalue weighted by atomic mass is 16.7. The number of ether oxygens (including phenoxy) is 2. The molecule has 2 nitrogen and oxygen atoms in total. The van der Waals surface area contributed by atoms with Crippen LogP contribution in [-0.4, -0.2) is 19.5 Å². The van der Waals surface area contributed by atoms with Crippen LogP contribution in [0.25, 0.3) is 0 Å². The van der Waals surface area contributed by atoms with E-state index in [1.807, 2.05) is 0 Å². The normalized spacial score (nSPS) is 36.5.